The van der Waals surface area contributed by atoms with Gasteiger partial charge in [-0.15, -0.1) is 0 Å². The summed E-state index contributed by atoms with van der Waals surface area (Å²) >= 11 is 0. The quantitative estimate of drug-likeness (QED) is 0.904. The minimum absolute atomic E-state index is 0.260. The van der Waals surface area contributed by atoms with E-state index in [-0.39, 0.29) is 12.8 Å². The summed E-state index contributed by atoms with van der Waals surface area (Å²) in [6, 6.07) is 8.79. The lowest BCUT2D eigenvalue weighted by Crippen LogP contribution is -2.91. The summed E-state index contributed by atoms with van der Waals surface area (Å²) in [5.41, 5.74) is -2.61. The molecule has 4 rings (SSSR count). The average molecular weight is 295 g/mol. The Kier molecular flexibility index (Phi) is 2.70. The molecule has 1 N–H and O–H groups in total. The van der Waals surface area contributed by atoms with E-state index < -0.39 is 28.6 Å². The molecule has 0 heterocycles. The molecule has 5 heteroatoms. The molecular formula is C16H19F2NO2. The summed E-state index contributed by atoms with van der Waals surface area (Å²) in [7, 11) is 0. The Bertz CT molecular complexity index is 572. The number of amides is 1. The van der Waals surface area contributed by atoms with Gasteiger partial charge in [-0.25, -0.2) is 13.6 Å². The number of nitrogens with one attached hydrogen (secondary N) is 1. The van der Waals surface area contributed by atoms with Crippen molar-refractivity contribution in [3.8, 4) is 0 Å². The van der Waals surface area contributed by atoms with Crippen LogP contribution in [0.5, 0.6) is 0 Å². The number of alkyl halides is 2. The van der Waals surface area contributed by atoms with E-state index in [1.807, 2.05) is 6.07 Å². The molecule has 0 aromatic heterocycles. The first kappa shape index (κ1) is 14.3. The second kappa shape index (κ2) is 3.96. The molecule has 3 aliphatic carbocycles. The Balaban J connectivity index is 1.74. The molecule has 0 radical (unpaired) electrons. The third kappa shape index (κ3) is 1.79. The fourth-order valence-electron chi connectivity index (χ4n) is 3.48. The van der Waals surface area contributed by atoms with Gasteiger partial charge in [0.25, 0.3) is 5.92 Å². The molecule has 0 unspecified atom stereocenters. The number of carbonyl (C=O) groups excluding carboxylic acids is 1. The maximum atomic E-state index is 14.5. The monoisotopic (exact) mass is 295 g/mol. The highest BCUT2D eigenvalue weighted by atomic mass is 19.3. The topological polar surface area (TPSA) is 38.3 Å². The first-order chi connectivity index (χ1) is 9.62. The van der Waals surface area contributed by atoms with Gasteiger partial charge in [-0.3, -0.25) is 0 Å². The zero-order chi connectivity index (χ0) is 15.5. The molecule has 0 aliphatic heterocycles. The largest absolute Gasteiger partial charge is 0.444 e. The summed E-state index contributed by atoms with van der Waals surface area (Å²) in [6.45, 7) is 5.12. The Hall–Kier alpha value is -1.65. The van der Waals surface area contributed by atoms with Gasteiger partial charge in [0.15, 0.2) is 0 Å². The third-order valence-corrected chi connectivity index (χ3v) is 4.48. The van der Waals surface area contributed by atoms with Crippen molar-refractivity contribution < 1.29 is 18.3 Å². The van der Waals surface area contributed by atoms with E-state index in [0.29, 0.717) is 5.56 Å². The van der Waals surface area contributed by atoms with Crippen molar-refractivity contribution in [3.05, 3.63) is 35.9 Å². The fourth-order valence-corrected chi connectivity index (χ4v) is 3.48. The number of hydrogen-bond donors (Lipinski definition) is 1. The molecule has 114 valence electrons. The fraction of sp³-hybridized carbons (Fsp3) is 0.562. The highest BCUT2D eigenvalue weighted by Crippen LogP contribution is 2.76. The van der Waals surface area contributed by atoms with Crippen molar-refractivity contribution in [2.24, 2.45) is 0 Å². The second-order valence-corrected chi connectivity index (χ2v) is 7.09. The van der Waals surface area contributed by atoms with Crippen LogP contribution in [0.15, 0.2) is 30.3 Å². The molecule has 1 aromatic rings. The van der Waals surface area contributed by atoms with E-state index in [2.05, 4.69) is 5.32 Å². The van der Waals surface area contributed by atoms with Gasteiger partial charge in [0.1, 0.15) is 11.1 Å². The smallest absolute Gasteiger partial charge is 0.408 e. The van der Waals surface area contributed by atoms with E-state index in [0.717, 1.165) is 0 Å². The molecule has 21 heavy (non-hydrogen) atoms. The normalized spacial score (nSPS) is 32.6. The lowest BCUT2D eigenvalue weighted by molar-refractivity contribution is -0.327. The van der Waals surface area contributed by atoms with Crippen molar-refractivity contribution in [2.45, 2.75) is 56.1 Å². The molecule has 0 spiro atoms. The molecule has 0 saturated heterocycles. The SMILES string of the molecule is CC(C)(C)OC(=O)NC12CC(c3ccccc3)(C1)C2(F)F. The Morgan fingerprint density at radius 2 is 1.76 bits per heavy atom. The standard InChI is InChI=1S/C16H19F2NO2/c1-13(2,3)21-12(20)19-15-9-14(10-15,16(15,17)18)11-7-5-4-6-8-11/h4-8H,9-10H2,1-3H3,(H,19,20). The van der Waals surface area contributed by atoms with Gasteiger partial charge in [0, 0.05) is 0 Å². The second-order valence-electron chi connectivity index (χ2n) is 7.09. The van der Waals surface area contributed by atoms with Gasteiger partial charge in [0.2, 0.25) is 0 Å². The minimum Gasteiger partial charge on any atom is -0.444 e. The van der Waals surface area contributed by atoms with E-state index in [1.54, 1.807) is 45.0 Å². The molecule has 1 aromatic carbocycles. The zero-order valence-corrected chi connectivity index (χ0v) is 12.4. The van der Waals surface area contributed by atoms with Crippen molar-refractivity contribution in [1.29, 1.82) is 0 Å². The predicted octanol–water partition coefficient (Wildman–Crippen LogP) is 3.63. The molecule has 3 fully saturated rings. The molecule has 3 nitrogen and oxygen atoms in total. The van der Waals surface area contributed by atoms with Gasteiger partial charge < -0.3 is 10.1 Å². The molecule has 2 bridgehead atoms. The Morgan fingerprint density at radius 3 is 2.24 bits per heavy atom. The van der Waals surface area contributed by atoms with Gasteiger partial charge in [-0.1, -0.05) is 30.3 Å². The predicted molar refractivity (Wildman–Crippen MR) is 74.4 cm³/mol. The highest BCUT2D eigenvalue weighted by Gasteiger charge is 2.89. The highest BCUT2D eigenvalue weighted by molar-refractivity contribution is 5.71. The number of rotatable bonds is 2. The first-order valence-electron chi connectivity index (χ1n) is 7.07. The van der Waals surface area contributed by atoms with Crippen molar-refractivity contribution in [3.63, 3.8) is 0 Å². The van der Waals surface area contributed by atoms with Crippen LogP contribution in [-0.2, 0) is 10.2 Å². The molecule has 1 amide bonds. The van der Waals surface area contributed by atoms with Crippen LogP contribution in [0, 0.1) is 0 Å². The van der Waals surface area contributed by atoms with Crippen molar-refractivity contribution in [2.75, 3.05) is 0 Å². The van der Waals surface area contributed by atoms with E-state index in [9.17, 15) is 13.6 Å². The lowest BCUT2D eigenvalue weighted by atomic mass is 9.34. The molecular weight excluding hydrogens is 276 g/mol. The summed E-state index contributed by atoms with van der Waals surface area (Å²) < 4.78 is 34.1. The number of alkyl carbamates (subject to hydrolysis) is 1. The van der Waals surface area contributed by atoms with Crippen molar-refractivity contribution in [1.82, 2.24) is 5.32 Å². The van der Waals surface area contributed by atoms with Gasteiger partial charge in [-0.05, 0) is 39.2 Å². The van der Waals surface area contributed by atoms with Crippen LogP contribution in [0.25, 0.3) is 0 Å². The zero-order valence-electron chi connectivity index (χ0n) is 12.4. The summed E-state index contributed by atoms with van der Waals surface area (Å²) in [4.78, 5) is 11.8. The average Bonchev–Trinajstić information content (AvgIpc) is 2.32. The first-order valence-corrected chi connectivity index (χ1v) is 7.07. The maximum absolute atomic E-state index is 14.5. The van der Waals surface area contributed by atoms with E-state index in [1.165, 1.54) is 0 Å². The lowest BCUT2D eigenvalue weighted by Gasteiger charge is -2.74. The number of ether oxygens (including phenoxy) is 1. The Labute approximate surface area is 122 Å². The molecule has 0 atom stereocenters. The number of benzene rings is 1. The summed E-state index contributed by atoms with van der Waals surface area (Å²) in [5, 5.41) is 2.39. The Morgan fingerprint density at radius 1 is 1.19 bits per heavy atom. The van der Waals surface area contributed by atoms with E-state index >= 15 is 0 Å². The van der Waals surface area contributed by atoms with Gasteiger partial charge in [-0.2, -0.15) is 0 Å². The molecule has 3 saturated carbocycles. The van der Waals surface area contributed by atoms with Gasteiger partial charge in [0.05, 0.1) is 5.41 Å². The van der Waals surface area contributed by atoms with Crippen molar-refractivity contribution >= 4 is 6.09 Å². The van der Waals surface area contributed by atoms with Crippen LogP contribution in [-0.4, -0.2) is 23.2 Å². The maximum Gasteiger partial charge on any atom is 0.408 e. The van der Waals surface area contributed by atoms with Crippen LogP contribution in [0.4, 0.5) is 13.6 Å². The van der Waals surface area contributed by atoms with Crippen LogP contribution < -0.4 is 5.32 Å². The minimum atomic E-state index is -2.93. The number of carbonyl (C=O) groups is 1. The van der Waals surface area contributed by atoms with E-state index in [4.69, 9.17) is 4.74 Å². The van der Waals surface area contributed by atoms with Crippen LogP contribution >= 0.6 is 0 Å². The van der Waals surface area contributed by atoms with Crippen LogP contribution in [0.1, 0.15) is 39.2 Å². The third-order valence-electron chi connectivity index (χ3n) is 4.48. The molecule has 3 aliphatic rings. The van der Waals surface area contributed by atoms with Gasteiger partial charge >= 0.3 is 6.09 Å². The summed E-state index contributed by atoms with van der Waals surface area (Å²) in [6.07, 6.45) is -0.254. The number of halogens is 2. The van der Waals surface area contributed by atoms with Crippen LogP contribution in [0.2, 0.25) is 0 Å². The summed E-state index contributed by atoms with van der Waals surface area (Å²) in [5.74, 6) is -2.93. The number of hydrogen-bond acceptors (Lipinski definition) is 2. The van der Waals surface area contributed by atoms with Crippen LogP contribution in [0.3, 0.4) is 0 Å².